The standard InChI is InChI=1S/C17H29NO/c1-15(2,3)14-10-8-13(9-11-14)12-18-16(4,5)17(6,7)19/h8-11,18-19H,12H2,1-7H3. The molecule has 1 rings (SSSR count). The van der Waals surface area contributed by atoms with Crippen LogP contribution in [0.3, 0.4) is 0 Å². The van der Waals surface area contributed by atoms with E-state index in [1.54, 1.807) is 0 Å². The second-order valence-corrected chi connectivity index (χ2v) is 7.48. The number of hydrogen-bond acceptors (Lipinski definition) is 2. The fourth-order valence-corrected chi connectivity index (χ4v) is 1.66. The van der Waals surface area contributed by atoms with Gasteiger partial charge in [-0.25, -0.2) is 0 Å². The number of hydrogen-bond donors (Lipinski definition) is 2. The first-order chi connectivity index (χ1) is 8.43. The van der Waals surface area contributed by atoms with E-state index in [-0.39, 0.29) is 11.0 Å². The first kappa shape index (κ1) is 16.2. The highest BCUT2D eigenvalue weighted by molar-refractivity contribution is 5.27. The molecule has 0 amide bonds. The Morgan fingerprint density at radius 2 is 1.37 bits per heavy atom. The normalized spacial score (nSPS) is 13.7. The van der Waals surface area contributed by atoms with Crippen LogP contribution in [0.15, 0.2) is 24.3 Å². The van der Waals surface area contributed by atoms with Gasteiger partial charge in [0.2, 0.25) is 0 Å². The van der Waals surface area contributed by atoms with Crippen LogP contribution in [-0.4, -0.2) is 16.2 Å². The molecule has 0 heterocycles. The molecule has 1 aromatic carbocycles. The molecule has 0 aliphatic heterocycles. The Hall–Kier alpha value is -0.860. The molecule has 0 atom stereocenters. The van der Waals surface area contributed by atoms with E-state index in [4.69, 9.17) is 0 Å². The van der Waals surface area contributed by atoms with Gasteiger partial charge in [0.1, 0.15) is 0 Å². The van der Waals surface area contributed by atoms with Gasteiger partial charge in [0.05, 0.1) is 5.60 Å². The molecule has 0 aromatic heterocycles. The molecule has 0 fully saturated rings. The van der Waals surface area contributed by atoms with E-state index >= 15 is 0 Å². The monoisotopic (exact) mass is 263 g/mol. The van der Waals surface area contributed by atoms with E-state index < -0.39 is 5.60 Å². The Morgan fingerprint density at radius 3 is 1.74 bits per heavy atom. The molecule has 0 saturated heterocycles. The third-order valence-corrected chi connectivity index (χ3v) is 4.08. The highest BCUT2D eigenvalue weighted by atomic mass is 16.3. The van der Waals surface area contributed by atoms with Crippen LogP contribution in [0.5, 0.6) is 0 Å². The van der Waals surface area contributed by atoms with Gasteiger partial charge in [-0.1, -0.05) is 45.0 Å². The van der Waals surface area contributed by atoms with Gasteiger partial charge in [0.25, 0.3) is 0 Å². The van der Waals surface area contributed by atoms with E-state index in [0.29, 0.717) is 0 Å². The molecule has 1 aromatic rings. The Bertz CT molecular complexity index is 404. The average molecular weight is 263 g/mol. The Labute approximate surface area is 118 Å². The molecule has 2 N–H and O–H groups in total. The van der Waals surface area contributed by atoms with Gasteiger partial charge in [0.15, 0.2) is 0 Å². The Morgan fingerprint density at radius 1 is 0.895 bits per heavy atom. The zero-order valence-corrected chi connectivity index (χ0v) is 13.5. The van der Waals surface area contributed by atoms with Gasteiger partial charge < -0.3 is 10.4 Å². The van der Waals surface area contributed by atoms with Crippen LogP contribution < -0.4 is 5.32 Å². The van der Waals surface area contributed by atoms with Crippen molar-refractivity contribution >= 4 is 0 Å². The third kappa shape index (κ3) is 4.32. The molecule has 0 aliphatic rings. The predicted molar refractivity (Wildman–Crippen MR) is 82.4 cm³/mol. The van der Waals surface area contributed by atoms with E-state index in [9.17, 15) is 5.11 Å². The summed E-state index contributed by atoms with van der Waals surface area (Å²) in [5, 5.41) is 13.5. The summed E-state index contributed by atoms with van der Waals surface area (Å²) in [5.74, 6) is 0. The van der Waals surface area contributed by atoms with Crippen LogP contribution in [0.2, 0.25) is 0 Å². The molecule has 19 heavy (non-hydrogen) atoms. The maximum absolute atomic E-state index is 10.1. The maximum Gasteiger partial charge on any atom is 0.0767 e. The molecular formula is C17H29NO. The summed E-state index contributed by atoms with van der Waals surface area (Å²) >= 11 is 0. The summed E-state index contributed by atoms with van der Waals surface area (Å²) in [7, 11) is 0. The summed E-state index contributed by atoms with van der Waals surface area (Å²) in [6, 6.07) is 8.70. The zero-order valence-electron chi connectivity index (χ0n) is 13.5. The number of nitrogens with one attached hydrogen (secondary N) is 1. The fourth-order valence-electron chi connectivity index (χ4n) is 1.66. The topological polar surface area (TPSA) is 32.3 Å². The highest BCUT2D eigenvalue weighted by Crippen LogP contribution is 2.23. The van der Waals surface area contributed by atoms with Crippen molar-refractivity contribution in [3.05, 3.63) is 35.4 Å². The van der Waals surface area contributed by atoms with Gasteiger partial charge in [-0.3, -0.25) is 0 Å². The second-order valence-electron chi connectivity index (χ2n) is 7.48. The molecule has 0 aliphatic carbocycles. The van der Waals surface area contributed by atoms with Crippen molar-refractivity contribution in [3.63, 3.8) is 0 Å². The molecular weight excluding hydrogens is 234 g/mol. The van der Waals surface area contributed by atoms with Gasteiger partial charge in [-0.05, 0) is 44.2 Å². The fraction of sp³-hybridized carbons (Fsp3) is 0.647. The van der Waals surface area contributed by atoms with Crippen molar-refractivity contribution in [2.24, 2.45) is 0 Å². The van der Waals surface area contributed by atoms with Crippen molar-refractivity contribution in [3.8, 4) is 0 Å². The van der Waals surface area contributed by atoms with Gasteiger partial charge in [0, 0.05) is 12.1 Å². The zero-order chi connectivity index (χ0) is 14.9. The smallest absolute Gasteiger partial charge is 0.0767 e. The summed E-state index contributed by atoms with van der Waals surface area (Å²) in [5.41, 5.74) is 1.70. The van der Waals surface area contributed by atoms with E-state index in [1.807, 2.05) is 27.7 Å². The highest BCUT2D eigenvalue weighted by Gasteiger charge is 2.34. The van der Waals surface area contributed by atoms with Crippen molar-refractivity contribution in [1.29, 1.82) is 0 Å². The van der Waals surface area contributed by atoms with Crippen LogP contribution in [-0.2, 0) is 12.0 Å². The molecule has 0 bridgehead atoms. The van der Waals surface area contributed by atoms with Crippen LogP contribution >= 0.6 is 0 Å². The quantitative estimate of drug-likeness (QED) is 0.869. The first-order valence-electron chi connectivity index (χ1n) is 7.00. The van der Waals surface area contributed by atoms with Crippen LogP contribution in [0.25, 0.3) is 0 Å². The lowest BCUT2D eigenvalue weighted by Crippen LogP contribution is -2.55. The van der Waals surface area contributed by atoms with E-state index in [0.717, 1.165) is 6.54 Å². The molecule has 2 heteroatoms. The Balaban J connectivity index is 2.70. The number of aliphatic hydroxyl groups is 1. The summed E-state index contributed by atoms with van der Waals surface area (Å²) < 4.78 is 0. The first-order valence-corrected chi connectivity index (χ1v) is 7.00. The second kappa shape index (κ2) is 5.26. The van der Waals surface area contributed by atoms with E-state index in [2.05, 4.69) is 50.4 Å². The summed E-state index contributed by atoms with van der Waals surface area (Å²) in [4.78, 5) is 0. The van der Waals surface area contributed by atoms with Crippen LogP contribution in [0, 0.1) is 0 Å². The largest absolute Gasteiger partial charge is 0.389 e. The lowest BCUT2D eigenvalue weighted by Gasteiger charge is -2.38. The average Bonchev–Trinajstić information content (AvgIpc) is 2.24. The number of benzene rings is 1. The molecule has 0 spiro atoms. The van der Waals surface area contributed by atoms with Gasteiger partial charge >= 0.3 is 0 Å². The van der Waals surface area contributed by atoms with Crippen LogP contribution in [0.4, 0.5) is 0 Å². The lowest BCUT2D eigenvalue weighted by atomic mass is 9.85. The third-order valence-electron chi connectivity index (χ3n) is 4.08. The van der Waals surface area contributed by atoms with Crippen LogP contribution in [0.1, 0.15) is 59.6 Å². The predicted octanol–water partition coefficient (Wildman–Crippen LogP) is 3.62. The maximum atomic E-state index is 10.1. The van der Waals surface area contributed by atoms with Gasteiger partial charge in [-0.2, -0.15) is 0 Å². The molecule has 2 nitrogen and oxygen atoms in total. The van der Waals surface area contributed by atoms with Crippen molar-refractivity contribution in [1.82, 2.24) is 5.32 Å². The summed E-state index contributed by atoms with van der Waals surface area (Å²) in [6.07, 6.45) is 0. The van der Waals surface area contributed by atoms with E-state index in [1.165, 1.54) is 11.1 Å². The minimum Gasteiger partial charge on any atom is -0.389 e. The van der Waals surface area contributed by atoms with Crippen molar-refractivity contribution < 1.29 is 5.11 Å². The number of rotatable bonds is 4. The van der Waals surface area contributed by atoms with Gasteiger partial charge in [-0.15, -0.1) is 0 Å². The Kier molecular flexibility index (Phi) is 4.48. The minimum atomic E-state index is -0.752. The molecule has 108 valence electrons. The SMILES string of the molecule is CC(C)(C)c1ccc(CNC(C)(C)C(C)(C)O)cc1. The molecule has 0 radical (unpaired) electrons. The summed E-state index contributed by atoms with van der Waals surface area (Å²) in [6.45, 7) is 15.1. The van der Waals surface area contributed by atoms with Crippen molar-refractivity contribution in [2.45, 2.75) is 71.6 Å². The van der Waals surface area contributed by atoms with Crippen molar-refractivity contribution in [2.75, 3.05) is 0 Å². The minimum absolute atomic E-state index is 0.193. The lowest BCUT2D eigenvalue weighted by molar-refractivity contribution is -0.00531. The molecule has 0 unspecified atom stereocenters. The molecule has 0 saturated carbocycles.